The molecule has 0 bridgehead atoms. The largest absolute Gasteiger partial charge is 0.508 e. The maximum atomic E-state index is 13.4. The number of amides is 2. The van der Waals surface area contributed by atoms with Crippen LogP contribution in [0.1, 0.15) is 30.6 Å². The number of carbonyl (C=O) groups excluding carboxylic acids is 2. The second-order valence-corrected chi connectivity index (χ2v) is 7.45. The molecule has 2 aromatic rings. The minimum atomic E-state index is -0.863. The quantitative estimate of drug-likeness (QED) is 0.607. The summed E-state index contributed by atoms with van der Waals surface area (Å²) in [6, 6.07) is 8.18. The van der Waals surface area contributed by atoms with E-state index in [4.69, 9.17) is 0 Å². The van der Waals surface area contributed by atoms with Crippen molar-refractivity contribution in [2.75, 3.05) is 5.32 Å². The highest BCUT2D eigenvalue weighted by atomic mass is 19.1. The van der Waals surface area contributed by atoms with Crippen LogP contribution in [0.5, 0.6) is 11.5 Å². The van der Waals surface area contributed by atoms with Crippen LogP contribution in [0.2, 0.25) is 0 Å². The van der Waals surface area contributed by atoms with Crippen molar-refractivity contribution < 1.29 is 24.2 Å². The number of aromatic hydroxyl groups is 2. The monoisotopic (exact) mass is 372 g/mol. The Kier molecular flexibility index (Phi) is 4.78. The van der Waals surface area contributed by atoms with E-state index in [1.807, 2.05) is 13.8 Å². The minimum Gasteiger partial charge on any atom is -0.508 e. The zero-order chi connectivity index (χ0) is 19.8. The Labute approximate surface area is 156 Å². The number of hydrogen-bond acceptors (Lipinski definition) is 4. The maximum absolute atomic E-state index is 13.4. The van der Waals surface area contributed by atoms with Gasteiger partial charge in [0.25, 0.3) is 5.91 Å². The third kappa shape index (κ3) is 4.19. The van der Waals surface area contributed by atoms with Crippen molar-refractivity contribution in [1.29, 1.82) is 0 Å². The van der Waals surface area contributed by atoms with Gasteiger partial charge in [0.05, 0.1) is 5.69 Å². The van der Waals surface area contributed by atoms with Crippen molar-refractivity contribution in [3.63, 3.8) is 0 Å². The fourth-order valence-corrected chi connectivity index (χ4v) is 3.12. The van der Waals surface area contributed by atoms with Crippen LogP contribution in [0, 0.1) is 17.2 Å². The molecule has 2 amide bonds. The lowest BCUT2D eigenvalue weighted by Gasteiger charge is -2.20. The fourth-order valence-electron chi connectivity index (χ4n) is 3.12. The van der Waals surface area contributed by atoms with Gasteiger partial charge in [-0.15, -0.1) is 0 Å². The van der Waals surface area contributed by atoms with Crippen LogP contribution in [0.3, 0.4) is 0 Å². The molecule has 0 saturated heterocycles. The minimum absolute atomic E-state index is 0.0555. The summed E-state index contributed by atoms with van der Waals surface area (Å²) < 4.78 is 13.4. The molecule has 0 spiro atoms. The summed E-state index contributed by atoms with van der Waals surface area (Å²) >= 11 is 0. The Morgan fingerprint density at radius 2 is 1.89 bits per heavy atom. The smallest absolute Gasteiger partial charge is 0.252 e. The van der Waals surface area contributed by atoms with Crippen molar-refractivity contribution in [1.82, 2.24) is 5.32 Å². The summed E-state index contributed by atoms with van der Waals surface area (Å²) in [7, 11) is 0. The van der Waals surface area contributed by atoms with E-state index in [9.17, 15) is 24.2 Å². The first-order chi connectivity index (χ1) is 12.7. The lowest BCUT2D eigenvalue weighted by Crippen LogP contribution is -2.46. The van der Waals surface area contributed by atoms with Gasteiger partial charge in [-0.3, -0.25) is 9.59 Å². The number of phenols is 2. The fraction of sp³-hybridized carbons (Fsp3) is 0.300. The van der Waals surface area contributed by atoms with Crippen LogP contribution in [0.25, 0.3) is 0 Å². The first kappa shape index (κ1) is 18.7. The molecule has 7 heteroatoms. The van der Waals surface area contributed by atoms with Crippen LogP contribution < -0.4 is 10.6 Å². The van der Waals surface area contributed by atoms with Gasteiger partial charge in [0.15, 0.2) is 0 Å². The molecule has 0 radical (unpaired) electrons. The Morgan fingerprint density at radius 3 is 2.52 bits per heavy atom. The maximum Gasteiger partial charge on any atom is 0.252 e. The molecule has 1 unspecified atom stereocenters. The molecule has 0 aromatic heterocycles. The van der Waals surface area contributed by atoms with Crippen LogP contribution >= 0.6 is 0 Å². The molecular formula is C20H21FN2O4. The van der Waals surface area contributed by atoms with Crippen LogP contribution in [-0.2, 0) is 4.79 Å². The summed E-state index contributed by atoms with van der Waals surface area (Å²) in [5, 5.41) is 24.5. The number of hydrogen-bond donors (Lipinski definition) is 4. The Balaban J connectivity index is 1.80. The molecule has 2 aromatic carbocycles. The normalized spacial score (nSPS) is 18.4. The summed E-state index contributed by atoms with van der Waals surface area (Å²) in [5.74, 6) is -2.07. The van der Waals surface area contributed by atoms with Crippen molar-refractivity contribution in [2.45, 2.75) is 26.3 Å². The van der Waals surface area contributed by atoms with Crippen molar-refractivity contribution in [3.8, 4) is 11.5 Å². The Bertz CT molecular complexity index is 897. The van der Waals surface area contributed by atoms with E-state index >= 15 is 0 Å². The molecule has 1 aliphatic carbocycles. The highest BCUT2D eigenvalue weighted by Crippen LogP contribution is 2.53. The van der Waals surface area contributed by atoms with E-state index < -0.39 is 23.7 Å². The van der Waals surface area contributed by atoms with E-state index in [0.717, 1.165) is 24.6 Å². The zero-order valence-electron chi connectivity index (χ0n) is 15.0. The number of halogens is 1. The number of nitrogens with one attached hydrogen (secondary N) is 2. The number of anilines is 1. The summed E-state index contributed by atoms with van der Waals surface area (Å²) in [6.45, 7) is 3.97. The standard InChI is InChI=1S/C20H21FN2O4/c1-20(2)10-14(20)17(23-18(26)11-4-3-5-13(24)8-11)19(27)22-15-9-12(21)6-7-16(15)25/h3-9,14,17,24-25H,10H2,1-2H3,(H,22,27)(H,23,26)/t14?,17-/m0/s1. The number of benzene rings is 2. The van der Waals surface area contributed by atoms with Gasteiger partial charge in [-0.05, 0) is 48.1 Å². The molecular weight excluding hydrogens is 351 g/mol. The molecule has 3 rings (SSSR count). The number of carbonyl (C=O) groups is 2. The molecule has 1 aliphatic rings. The molecule has 1 saturated carbocycles. The molecule has 4 N–H and O–H groups in total. The third-order valence-corrected chi connectivity index (χ3v) is 4.89. The predicted molar refractivity (Wildman–Crippen MR) is 97.9 cm³/mol. The van der Waals surface area contributed by atoms with Crippen LogP contribution in [0.15, 0.2) is 42.5 Å². The molecule has 2 atom stereocenters. The van der Waals surface area contributed by atoms with Crippen molar-refractivity contribution in [2.24, 2.45) is 11.3 Å². The Morgan fingerprint density at radius 1 is 1.19 bits per heavy atom. The first-order valence-electron chi connectivity index (χ1n) is 8.57. The van der Waals surface area contributed by atoms with E-state index in [1.54, 1.807) is 0 Å². The predicted octanol–water partition coefficient (Wildman–Crippen LogP) is 3.02. The van der Waals surface area contributed by atoms with Gasteiger partial charge < -0.3 is 20.8 Å². The SMILES string of the molecule is CC1(C)CC1[C@H](NC(=O)c1cccc(O)c1)C(=O)Nc1cc(F)ccc1O. The van der Waals surface area contributed by atoms with Gasteiger partial charge >= 0.3 is 0 Å². The molecule has 0 heterocycles. The van der Waals surface area contributed by atoms with Gasteiger partial charge in [0.1, 0.15) is 23.4 Å². The second-order valence-electron chi connectivity index (χ2n) is 7.45. The molecule has 27 heavy (non-hydrogen) atoms. The Hall–Kier alpha value is -3.09. The van der Waals surface area contributed by atoms with E-state index in [1.165, 1.54) is 24.3 Å². The van der Waals surface area contributed by atoms with Gasteiger partial charge in [-0.2, -0.15) is 0 Å². The molecule has 1 fully saturated rings. The first-order valence-corrected chi connectivity index (χ1v) is 8.57. The van der Waals surface area contributed by atoms with E-state index in [2.05, 4.69) is 10.6 Å². The highest BCUT2D eigenvalue weighted by Gasteiger charge is 2.53. The van der Waals surface area contributed by atoms with Crippen LogP contribution in [0.4, 0.5) is 10.1 Å². The van der Waals surface area contributed by atoms with E-state index in [0.29, 0.717) is 0 Å². The van der Waals surface area contributed by atoms with Gasteiger partial charge in [-0.25, -0.2) is 4.39 Å². The lowest BCUT2D eigenvalue weighted by molar-refractivity contribution is -0.118. The summed E-state index contributed by atoms with van der Waals surface area (Å²) in [4.78, 5) is 25.3. The molecule has 6 nitrogen and oxygen atoms in total. The topological polar surface area (TPSA) is 98.7 Å². The number of phenolic OH excluding ortho intramolecular Hbond substituents is 2. The lowest BCUT2D eigenvalue weighted by atomic mass is 10.0. The van der Waals surface area contributed by atoms with Crippen molar-refractivity contribution >= 4 is 17.5 Å². The second kappa shape index (κ2) is 6.90. The van der Waals surface area contributed by atoms with Crippen molar-refractivity contribution in [3.05, 3.63) is 53.8 Å². The van der Waals surface area contributed by atoms with Crippen LogP contribution in [-0.4, -0.2) is 28.1 Å². The molecule has 142 valence electrons. The van der Waals surface area contributed by atoms with Gasteiger partial charge in [0, 0.05) is 11.6 Å². The zero-order valence-corrected chi connectivity index (χ0v) is 15.0. The molecule has 0 aliphatic heterocycles. The van der Waals surface area contributed by atoms with Gasteiger partial charge in [0.2, 0.25) is 5.91 Å². The number of rotatable bonds is 5. The third-order valence-electron chi connectivity index (χ3n) is 4.89. The summed E-state index contributed by atoms with van der Waals surface area (Å²) in [6.07, 6.45) is 0.737. The van der Waals surface area contributed by atoms with E-state index in [-0.39, 0.29) is 34.1 Å². The van der Waals surface area contributed by atoms with Gasteiger partial charge in [-0.1, -0.05) is 19.9 Å². The summed E-state index contributed by atoms with van der Waals surface area (Å²) in [5.41, 5.74) is 0.0351. The average molecular weight is 372 g/mol. The highest BCUT2D eigenvalue weighted by molar-refractivity contribution is 6.02. The average Bonchev–Trinajstić information content (AvgIpc) is 3.23.